The van der Waals surface area contributed by atoms with Gasteiger partial charge in [-0.2, -0.15) is 0 Å². The molecule has 6 nitrogen and oxygen atoms in total. The lowest BCUT2D eigenvalue weighted by Crippen LogP contribution is -2.23. The van der Waals surface area contributed by atoms with E-state index in [0.29, 0.717) is 24.4 Å². The molecule has 0 unspecified atom stereocenters. The molecule has 5 rings (SSSR count). The van der Waals surface area contributed by atoms with Gasteiger partial charge in [0.05, 0.1) is 30.3 Å². The van der Waals surface area contributed by atoms with E-state index in [2.05, 4.69) is 15.9 Å². The molecular weight excluding hydrogens is 494 g/mol. The minimum absolute atomic E-state index is 0.157. The van der Waals surface area contributed by atoms with Crippen LogP contribution in [0.4, 0.5) is 5.69 Å². The number of esters is 1. The predicted molar refractivity (Wildman–Crippen MR) is 153 cm³/mol. The molecule has 0 bridgehead atoms. The number of hydrogen-bond donors (Lipinski definition) is 1. The molecule has 0 amide bonds. The van der Waals surface area contributed by atoms with Crippen LogP contribution in [-0.2, 0) is 11.3 Å². The minimum atomic E-state index is -0.372. The zero-order valence-electron chi connectivity index (χ0n) is 21.7. The van der Waals surface area contributed by atoms with Gasteiger partial charge in [-0.25, -0.2) is 9.64 Å². The van der Waals surface area contributed by atoms with Crippen LogP contribution in [0.1, 0.15) is 39.7 Å². The first-order valence-electron chi connectivity index (χ1n) is 12.4. The Bertz CT molecular complexity index is 1800. The fourth-order valence-corrected chi connectivity index (χ4v) is 5.71. The summed E-state index contributed by atoms with van der Waals surface area (Å²) in [5.41, 5.74) is 6.96. The van der Waals surface area contributed by atoms with Gasteiger partial charge in [0, 0.05) is 15.8 Å². The Morgan fingerprint density at radius 2 is 1.79 bits per heavy atom. The number of aromatic nitrogens is 2. The van der Waals surface area contributed by atoms with Crippen molar-refractivity contribution in [2.24, 2.45) is 0 Å². The lowest BCUT2D eigenvalue weighted by Gasteiger charge is -2.16. The van der Waals surface area contributed by atoms with Gasteiger partial charge in [-0.3, -0.25) is 4.79 Å². The Hall–Kier alpha value is -4.41. The fraction of sp³-hybridized carbons (Fsp3) is 0.194. The summed E-state index contributed by atoms with van der Waals surface area (Å²) in [5, 5.41) is 0.932. The standard InChI is InChI=1S/C31H27N3O3S/c1-6-37-31(36)25-15-21-9-10-22(16-24(21)33-25)27-11-12-28(38-27)26-14-20(4)29(32-5)30(35)34(26)17-23-8-7-18(2)13-19(23)3/h7-16,33H,6,17H2,1-4H3. The zero-order chi connectivity index (χ0) is 27.0. The summed E-state index contributed by atoms with van der Waals surface area (Å²) >= 11 is 1.59. The van der Waals surface area contributed by atoms with Crippen molar-refractivity contribution in [3.8, 4) is 21.0 Å². The number of hydrogen-bond acceptors (Lipinski definition) is 4. The summed E-state index contributed by atoms with van der Waals surface area (Å²) in [6.07, 6.45) is 0. The molecule has 0 aliphatic carbocycles. The Morgan fingerprint density at radius 1 is 1.00 bits per heavy atom. The highest BCUT2D eigenvalue weighted by molar-refractivity contribution is 7.18. The molecule has 0 saturated carbocycles. The van der Waals surface area contributed by atoms with Gasteiger partial charge in [-0.15, -0.1) is 11.3 Å². The number of ether oxygens (including phenoxy) is 1. The maximum Gasteiger partial charge on any atom is 0.354 e. The number of nitrogens with zero attached hydrogens (tertiary/aromatic N) is 2. The first-order chi connectivity index (χ1) is 18.3. The van der Waals surface area contributed by atoms with Crippen molar-refractivity contribution >= 4 is 33.9 Å². The van der Waals surface area contributed by atoms with Crippen LogP contribution in [-0.4, -0.2) is 22.1 Å². The summed E-state index contributed by atoms with van der Waals surface area (Å²) in [6.45, 7) is 16.0. The molecule has 2 aromatic carbocycles. The van der Waals surface area contributed by atoms with Gasteiger partial charge >= 0.3 is 5.97 Å². The summed E-state index contributed by atoms with van der Waals surface area (Å²) < 4.78 is 6.83. The third kappa shape index (κ3) is 4.67. The molecule has 190 valence electrons. The molecule has 1 N–H and O–H groups in total. The van der Waals surface area contributed by atoms with Crippen LogP contribution < -0.4 is 5.56 Å². The van der Waals surface area contributed by atoms with Gasteiger partial charge in [0.15, 0.2) is 0 Å². The molecule has 5 aromatic rings. The zero-order valence-corrected chi connectivity index (χ0v) is 22.5. The number of rotatable bonds is 6. The Labute approximate surface area is 225 Å². The second-order valence-electron chi connectivity index (χ2n) is 9.36. The normalized spacial score (nSPS) is 11.0. The van der Waals surface area contributed by atoms with Crippen LogP contribution in [0, 0.1) is 27.3 Å². The lowest BCUT2D eigenvalue weighted by molar-refractivity contribution is 0.0520. The average Bonchev–Trinajstić information content (AvgIpc) is 3.54. The van der Waals surface area contributed by atoms with Gasteiger partial charge < -0.3 is 14.3 Å². The van der Waals surface area contributed by atoms with Crippen LogP contribution in [0.5, 0.6) is 0 Å². The number of H-pyrrole nitrogens is 1. The number of aromatic amines is 1. The van der Waals surface area contributed by atoms with Crippen molar-refractivity contribution < 1.29 is 9.53 Å². The number of benzene rings is 2. The molecule has 0 aliphatic heterocycles. The van der Waals surface area contributed by atoms with E-state index in [9.17, 15) is 9.59 Å². The molecule has 0 atom stereocenters. The van der Waals surface area contributed by atoms with E-state index in [4.69, 9.17) is 11.3 Å². The highest BCUT2D eigenvalue weighted by Gasteiger charge is 2.17. The second-order valence-corrected chi connectivity index (χ2v) is 10.4. The quantitative estimate of drug-likeness (QED) is 0.187. The van der Waals surface area contributed by atoms with Crippen LogP contribution in [0.25, 0.3) is 36.8 Å². The number of thiophene rings is 1. The third-order valence-corrected chi connectivity index (χ3v) is 7.82. The molecule has 3 aromatic heterocycles. The van der Waals surface area contributed by atoms with Gasteiger partial charge in [0.2, 0.25) is 0 Å². The van der Waals surface area contributed by atoms with Crippen molar-refractivity contribution in [2.75, 3.05) is 6.61 Å². The number of carbonyl (C=O) groups is 1. The van der Waals surface area contributed by atoms with Crippen molar-refractivity contribution in [3.63, 3.8) is 0 Å². The molecular formula is C31H27N3O3S. The molecule has 0 aliphatic rings. The molecule has 7 heteroatoms. The van der Waals surface area contributed by atoms with Gasteiger partial charge in [-0.1, -0.05) is 35.9 Å². The summed E-state index contributed by atoms with van der Waals surface area (Å²) in [6, 6.07) is 20.0. The summed E-state index contributed by atoms with van der Waals surface area (Å²) in [4.78, 5) is 34.2. The van der Waals surface area contributed by atoms with E-state index in [1.165, 1.54) is 5.56 Å². The number of aryl methyl sites for hydroxylation is 3. The predicted octanol–water partition coefficient (Wildman–Crippen LogP) is 7.43. The van der Waals surface area contributed by atoms with E-state index in [1.807, 2.05) is 69.3 Å². The van der Waals surface area contributed by atoms with Gasteiger partial charge in [0.25, 0.3) is 11.2 Å². The third-order valence-electron chi connectivity index (χ3n) is 6.66. The molecule has 0 radical (unpaired) electrons. The fourth-order valence-electron chi connectivity index (χ4n) is 4.68. The molecule has 0 saturated heterocycles. The van der Waals surface area contributed by atoms with E-state index >= 15 is 0 Å². The Morgan fingerprint density at radius 3 is 2.53 bits per heavy atom. The number of carbonyl (C=O) groups excluding carboxylic acids is 1. The van der Waals surface area contributed by atoms with Crippen LogP contribution in [0.15, 0.2) is 65.5 Å². The number of pyridine rings is 1. The first-order valence-corrected chi connectivity index (χ1v) is 13.2. The molecule has 3 heterocycles. The van der Waals surface area contributed by atoms with Crippen molar-refractivity contribution in [3.05, 3.63) is 110 Å². The van der Waals surface area contributed by atoms with E-state index in [1.54, 1.807) is 28.9 Å². The minimum Gasteiger partial charge on any atom is -0.461 e. The average molecular weight is 522 g/mol. The first kappa shape index (κ1) is 25.2. The van der Waals surface area contributed by atoms with E-state index < -0.39 is 0 Å². The van der Waals surface area contributed by atoms with Crippen LogP contribution in [0.2, 0.25) is 0 Å². The monoisotopic (exact) mass is 521 g/mol. The number of nitrogens with one attached hydrogen (secondary N) is 1. The van der Waals surface area contributed by atoms with E-state index in [-0.39, 0.29) is 17.2 Å². The van der Waals surface area contributed by atoms with Gasteiger partial charge in [-0.05, 0) is 80.3 Å². The Balaban J connectivity index is 1.56. The molecule has 0 spiro atoms. The molecule has 0 fully saturated rings. The lowest BCUT2D eigenvalue weighted by atomic mass is 10.1. The highest BCUT2D eigenvalue weighted by atomic mass is 32.1. The van der Waals surface area contributed by atoms with E-state index in [0.717, 1.165) is 43.0 Å². The van der Waals surface area contributed by atoms with Crippen LogP contribution in [0.3, 0.4) is 0 Å². The van der Waals surface area contributed by atoms with Crippen molar-refractivity contribution in [2.45, 2.75) is 34.2 Å². The molecule has 38 heavy (non-hydrogen) atoms. The largest absolute Gasteiger partial charge is 0.461 e. The van der Waals surface area contributed by atoms with Gasteiger partial charge in [0.1, 0.15) is 5.69 Å². The van der Waals surface area contributed by atoms with Crippen LogP contribution >= 0.6 is 11.3 Å². The number of fused-ring (bicyclic) bond motifs is 1. The smallest absolute Gasteiger partial charge is 0.354 e. The maximum atomic E-state index is 13.4. The summed E-state index contributed by atoms with van der Waals surface area (Å²) in [5.74, 6) is -0.372. The van der Waals surface area contributed by atoms with Crippen molar-refractivity contribution in [1.82, 2.24) is 9.55 Å². The highest BCUT2D eigenvalue weighted by Crippen LogP contribution is 2.36. The SMILES string of the molecule is [C-]#[N+]c1c(C)cc(-c2ccc(-c3ccc4cc(C(=O)OCC)[nH]c4c3)s2)n(Cc2ccc(C)cc2C)c1=O. The Kier molecular flexibility index (Phi) is 6.75. The van der Waals surface area contributed by atoms with Crippen molar-refractivity contribution in [1.29, 1.82) is 0 Å². The summed E-state index contributed by atoms with van der Waals surface area (Å²) in [7, 11) is 0. The second kappa shape index (κ2) is 10.2. The topological polar surface area (TPSA) is 68.5 Å². The maximum absolute atomic E-state index is 13.4.